The second-order valence-electron chi connectivity index (χ2n) is 5.61. The van der Waals surface area contributed by atoms with Gasteiger partial charge in [-0.2, -0.15) is 0 Å². The zero-order valence-corrected chi connectivity index (χ0v) is 15.6. The summed E-state index contributed by atoms with van der Waals surface area (Å²) in [5.74, 6) is -1.07. The van der Waals surface area contributed by atoms with Crippen LogP contribution in [0.2, 0.25) is 5.02 Å². The molecule has 2 aromatic rings. The predicted octanol–water partition coefficient (Wildman–Crippen LogP) is 3.75. The number of benzene rings is 2. The summed E-state index contributed by atoms with van der Waals surface area (Å²) in [6.07, 6.45) is 1.23. The molecule has 1 atom stereocenters. The Morgan fingerprint density at radius 3 is 2.56 bits per heavy atom. The summed E-state index contributed by atoms with van der Waals surface area (Å²) in [6.45, 7) is 1.73. The van der Waals surface area contributed by atoms with Gasteiger partial charge in [0.1, 0.15) is 11.6 Å². The van der Waals surface area contributed by atoms with E-state index >= 15 is 0 Å². The van der Waals surface area contributed by atoms with E-state index in [0.29, 0.717) is 5.75 Å². The molecule has 0 aromatic heterocycles. The van der Waals surface area contributed by atoms with E-state index in [4.69, 9.17) is 21.1 Å². The summed E-state index contributed by atoms with van der Waals surface area (Å²) >= 11 is 5.87. The van der Waals surface area contributed by atoms with Gasteiger partial charge in [0.2, 0.25) is 0 Å². The molecule has 5 nitrogen and oxygen atoms in total. The summed E-state index contributed by atoms with van der Waals surface area (Å²) in [5.41, 5.74) is 0.949. The largest absolute Gasteiger partial charge is 0.497 e. The normalized spacial score (nSPS) is 11.9. The Balaban J connectivity index is 1.85. The molecule has 142 valence electrons. The van der Waals surface area contributed by atoms with Crippen molar-refractivity contribution in [1.29, 1.82) is 0 Å². The van der Waals surface area contributed by atoms with Crippen LogP contribution in [0, 0.1) is 5.82 Å². The van der Waals surface area contributed by atoms with E-state index in [9.17, 15) is 14.0 Å². The van der Waals surface area contributed by atoms with Gasteiger partial charge in [-0.15, -0.1) is 0 Å². The molecule has 0 saturated carbocycles. The smallest absolute Gasteiger partial charge is 0.331 e. The van der Waals surface area contributed by atoms with Gasteiger partial charge < -0.3 is 14.8 Å². The van der Waals surface area contributed by atoms with Gasteiger partial charge in [-0.05, 0) is 42.8 Å². The maximum absolute atomic E-state index is 13.6. The van der Waals surface area contributed by atoms with E-state index in [1.54, 1.807) is 19.2 Å². The summed E-state index contributed by atoms with van der Waals surface area (Å²) in [5, 5.41) is 2.84. The molecule has 0 unspecified atom stereocenters. The minimum absolute atomic E-state index is 0.0766. The number of nitrogens with one attached hydrogen (secondary N) is 1. The molecule has 2 aromatic carbocycles. The standard InChI is InChI=1S/C20H19ClFNO4/c1-13(20(25)23-12-14-6-8-15(26-2)9-7-14)27-19(24)11-10-16-17(21)4-3-5-18(16)22/h3-11,13H,12H2,1-2H3,(H,23,25)/b11-10+/t13-/m0/s1. The Morgan fingerprint density at radius 1 is 1.22 bits per heavy atom. The molecule has 0 aliphatic carbocycles. The van der Waals surface area contributed by atoms with Crippen molar-refractivity contribution in [2.75, 3.05) is 7.11 Å². The molecular formula is C20H19ClFNO4. The fraction of sp³-hybridized carbons (Fsp3) is 0.200. The number of rotatable bonds is 7. The Hall–Kier alpha value is -2.86. The Labute approximate surface area is 161 Å². The highest BCUT2D eigenvalue weighted by molar-refractivity contribution is 6.32. The van der Waals surface area contributed by atoms with Crippen LogP contribution in [0.15, 0.2) is 48.5 Å². The van der Waals surface area contributed by atoms with Crippen LogP contribution < -0.4 is 10.1 Å². The summed E-state index contributed by atoms with van der Waals surface area (Å²) < 4.78 is 23.7. The summed E-state index contributed by atoms with van der Waals surface area (Å²) in [7, 11) is 1.57. The number of hydrogen-bond acceptors (Lipinski definition) is 4. The quantitative estimate of drug-likeness (QED) is 0.576. The minimum Gasteiger partial charge on any atom is -0.497 e. The average molecular weight is 392 g/mol. The highest BCUT2D eigenvalue weighted by Gasteiger charge is 2.16. The SMILES string of the molecule is COc1ccc(CNC(=O)[C@H](C)OC(=O)/C=C/c2c(F)cccc2Cl)cc1. The number of amides is 1. The van der Waals surface area contributed by atoms with Crippen molar-refractivity contribution >= 4 is 29.6 Å². The van der Waals surface area contributed by atoms with Crippen molar-refractivity contribution in [3.63, 3.8) is 0 Å². The van der Waals surface area contributed by atoms with Gasteiger partial charge in [-0.25, -0.2) is 9.18 Å². The van der Waals surface area contributed by atoms with Crippen LogP contribution in [-0.4, -0.2) is 25.1 Å². The fourth-order valence-electron chi connectivity index (χ4n) is 2.16. The molecule has 0 saturated heterocycles. The lowest BCUT2D eigenvalue weighted by atomic mass is 10.2. The fourth-order valence-corrected chi connectivity index (χ4v) is 2.39. The molecule has 1 amide bonds. The van der Waals surface area contributed by atoms with Crippen molar-refractivity contribution in [2.24, 2.45) is 0 Å². The van der Waals surface area contributed by atoms with Crippen LogP contribution in [0.3, 0.4) is 0 Å². The summed E-state index contributed by atoms with van der Waals surface area (Å²) in [6, 6.07) is 11.4. The van der Waals surface area contributed by atoms with Gasteiger partial charge in [-0.3, -0.25) is 4.79 Å². The molecule has 1 N–H and O–H groups in total. The highest BCUT2D eigenvalue weighted by Crippen LogP contribution is 2.20. The van der Waals surface area contributed by atoms with Crippen molar-refractivity contribution in [1.82, 2.24) is 5.32 Å². The van der Waals surface area contributed by atoms with E-state index in [1.165, 1.54) is 31.2 Å². The zero-order chi connectivity index (χ0) is 19.8. The van der Waals surface area contributed by atoms with Gasteiger partial charge in [0.15, 0.2) is 6.10 Å². The number of esters is 1. The molecule has 0 aliphatic heterocycles. The van der Waals surface area contributed by atoms with Gasteiger partial charge >= 0.3 is 5.97 Å². The Morgan fingerprint density at radius 2 is 1.93 bits per heavy atom. The number of methoxy groups -OCH3 is 1. The molecule has 0 spiro atoms. The Bertz CT molecular complexity index is 816. The lowest BCUT2D eigenvalue weighted by Crippen LogP contribution is -2.35. The first-order valence-corrected chi connectivity index (χ1v) is 8.52. The highest BCUT2D eigenvalue weighted by atomic mass is 35.5. The zero-order valence-electron chi connectivity index (χ0n) is 14.9. The maximum atomic E-state index is 13.6. The van der Waals surface area contributed by atoms with Crippen LogP contribution in [0.5, 0.6) is 5.75 Å². The molecule has 0 radical (unpaired) electrons. The van der Waals surface area contributed by atoms with Gasteiger partial charge in [0.25, 0.3) is 5.91 Å². The van der Waals surface area contributed by atoms with E-state index in [0.717, 1.165) is 11.6 Å². The lowest BCUT2D eigenvalue weighted by Gasteiger charge is -2.12. The molecule has 27 heavy (non-hydrogen) atoms. The van der Waals surface area contributed by atoms with Crippen LogP contribution in [-0.2, 0) is 20.9 Å². The molecule has 7 heteroatoms. The second-order valence-corrected chi connectivity index (χ2v) is 6.02. The minimum atomic E-state index is -1.00. The molecule has 0 fully saturated rings. The molecule has 0 aliphatic rings. The van der Waals surface area contributed by atoms with E-state index in [2.05, 4.69) is 5.32 Å². The van der Waals surface area contributed by atoms with Crippen LogP contribution >= 0.6 is 11.6 Å². The van der Waals surface area contributed by atoms with Crippen molar-refractivity contribution in [3.8, 4) is 5.75 Å². The first-order chi connectivity index (χ1) is 12.9. The Kier molecular flexibility index (Phi) is 7.37. The topological polar surface area (TPSA) is 64.6 Å². The predicted molar refractivity (Wildman–Crippen MR) is 101 cm³/mol. The van der Waals surface area contributed by atoms with E-state index in [1.807, 2.05) is 12.1 Å². The van der Waals surface area contributed by atoms with Gasteiger partial charge in [0.05, 0.1) is 12.1 Å². The molecule has 2 rings (SSSR count). The maximum Gasteiger partial charge on any atom is 0.331 e. The number of carbonyl (C=O) groups is 2. The van der Waals surface area contributed by atoms with Crippen LogP contribution in [0.4, 0.5) is 4.39 Å². The first-order valence-electron chi connectivity index (χ1n) is 8.14. The van der Waals surface area contributed by atoms with Crippen molar-refractivity contribution in [2.45, 2.75) is 19.6 Å². The summed E-state index contributed by atoms with van der Waals surface area (Å²) in [4.78, 5) is 23.9. The number of halogens is 2. The van der Waals surface area contributed by atoms with Crippen LogP contribution in [0.1, 0.15) is 18.1 Å². The molecule has 0 heterocycles. The average Bonchev–Trinajstić information content (AvgIpc) is 2.66. The number of hydrogen-bond donors (Lipinski definition) is 1. The third-order valence-electron chi connectivity index (χ3n) is 3.67. The van der Waals surface area contributed by atoms with Gasteiger partial charge in [0, 0.05) is 18.2 Å². The lowest BCUT2D eigenvalue weighted by molar-refractivity contribution is -0.150. The number of carbonyl (C=O) groups excluding carboxylic acids is 2. The van der Waals surface area contributed by atoms with Crippen molar-refractivity contribution < 1.29 is 23.5 Å². The van der Waals surface area contributed by atoms with Crippen molar-refractivity contribution in [3.05, 3.63) is 70.5 Å². The molecular weight excluding hydrogens is 373 g/mol. The number of ether oxygens (including phenoxy) is 2. The second kappa shape index (κ2) is 9.73. The molecule has 0 bridgehead atoms. The third-order valence-corrected chi connectivity index (χ3v) is 4.00. The van der Waals surface area contributed by atoms with E-state index in [-0.39, 0.29) is 17.1 Å². The monoisotopic (exact) mass is 391 g/mol. The first kappa shape index (κ1) is 20.5. The van der Waals surface area contributed by atoms with Crippen LogP contribution in [0.25, 0.3) is 6.08 Å². The van der Waals surface area contributed by atoms with Gasteiger partial charge in [-0.1, -0.05) is 29.8 Å². The third kappa shape index (κ3) is 6.11. The van der Waals surface area contributed by atoms with E-state index < -0.39 is 23.8 Å².